The van der Waals surface area contributed by atoms with Crippen molar-refractivity contribution in [3.8, 4) is 11.8 Å². The summed E-state index contributed by atoms with van der Waals surface area (Å²) in [6, 6.07) is 10.4. The lowest BCUT2D eigenvalue weighted by atomic mass is 10.2. The summed E-state index contributed by atoms with van der Waals surface area (Å²) in [5.41, 5.74) is 0.867. The fourth-order valence-electron chi connectivity index (χ4n) is 1.47. The van der Waals surface area contributed by atoms with Crippen LogP contribution in [-0.4, -0.2) is 17.1 Å². The Bertz CT molecular complexity index is 749. The van der Waals surface area contributed by atoms with Gasteiger partial charge in [-0.25, -0.2) is 4.98 Å². The van der Waals surface area contributed by atoms with Gasteiger partial charge in [-0.15, -0.1) is 0 Å². The fraction of sp³-hybridized carbons (Fsp3) is 0.0667. The molecule has 1 amide bonds. The Morgan fingerprint density at radius 3 is 2.50 bits per heavy atom. The first-order valence-electron chi connectivity index (χ1n) is 5.97. The molecule has 2 rings (SSSR count). The van der Waals surface area contributed by atoms with Gasteiger partial charge in [0.25, 0.3) is 0 Å². The normalized spacial score (nSPS) is 10.5. The van der Waals surface area contributed by atoms with Crippen LogP contribution in [0.2, 0.25) is 0 Å². The van der Waals surface area contributed by atoms with Crippen molar-refractivity contribution in [3.05, 3.63) is 58.2 Å². The first-order chi connectivity index (χ1) is 10.4. The highest BCUT2D eigenvalue weighted by Gasteiger charge is 2.39. The van der Waals surface area contributed by atoms with E-state index in [1.54, 1.807) is 29.6 Å². The van der Waals surface area contributed by atoms with E-state index in [4.69, 9.17) is 0 Å². The number of anilines is 1. The highest BCUT2D eigenvalue weighted by molar-refractivity contribution is 9.10. The number of pyridine rings is 1. The SMILES string of the molecule is O=C(Nc1ncc(Br)cc1C#Cc1ccccc1)C(F)(F)F. The van der Waals surface area contributed by atoms with Crippen LogP contribution in [0.1, 0.15) is 11.1 Å². The van der Waals surface area contributed by atoms with Crippen molar-refractivity contribution >= 4 is 27.7 Å². The Balaban J connectivity index is 2.33. The van der Waals surface area contributed by atoms with E-state index in [0.29, 0.717) is 10.0 Å². The number of hydrogen-bond donors (Lipinski definition) is 1. The number of nitrogens with zero attached hydrogens (tertiary/aromatic N) is 1. The summed E-state index contributed by atoms with van der Waals surface area (Å²) in [7, 11) is 0. The Morgan fingerprint density at radius 1 is 1.18 bits per heavy atom. The van der Waals surface area contributed by atoms with Crippen LogP contribution < -0.4 is 5.32 Å². The van der Waals surface area contributed by atoms with E-state index in [2.05, 4.69) is 32.8 Å². The average molecular weight is 369 g/mol. The molecule has 0 aliphatic heterocycles. The predicted octanol–water partition coefficient (Wildman–Crippen LogP) is 3.74. The largest absolute Gasteiger partial charge is 0.471 e. The van der Waals surface area contributed by atoms with Crippen molar-refractivity contribution in [1.82, 2.24) is 4.98 Å². The maximum atomic E-state index is 12.3. The van der Waals surface area contributed by atoms with Gasteiger partial charge in [-0.1, -0.05) is 30.0 Å². The number of hydrogen-bond acceptors (Lipinski definition) is 2. The number of carbonyl (C=O) groups is 1. The highest BCUT2D eigenvalue weighted by Crippen LogP contribution is 2.21. The van der Waals surface area contributed by atoms with Crippen molar-refractivity contribution in [2.24, 2.45) is 0 Å². The van der Waals surface area contributed by atoms with Gasteiger partial charge in [0.2, 0.25) is 0 Å². The molecule has 3 nitrogen and oxygen atoms in total. The molecule has 0 aliphatic carbocycles. The highest BCUT2D eigenvalue weighted by atomic mass is 79.9. The second-order valence-electron chi connectivity index (χ2n) is 4.12. The molecule has 0 saturated carbocycles. The van der Waals surface area contributed by atoms with Gasteiger partial charge in [0, 0.05) is 16.2 Å². The molecule has 0 spiro atoms. The number of benzene rings is 1. The van der Waals surface area contributed by atoms with Gasteiger partial charge in [-0.2, -0.15) is 13.2 Å². The number of aromatic nitrogens is 1. The Kier molecular flexibility index (Phi) is 4.83. The molecule has 2 aromatic rings. The number of rotatable bonds is 1. The molecule has 0 aliphatic rings. The van der Waals surface area contributed by atoms with Crippen LogP contribution in [0.3, 0.4) is 0 Å². The summed E-state index contributed by atoms with van der Waals surface area (Å²) in [4.78, 5) is 14.8. The van der Waals surface area contributed by atoms with E-state index >= 15 is 0 Å². The molecule has 1 aromatic carbocycles. The molecule has 0 bridgehead atoms. The van der Waals surface area contributed by atoms with Crippen LogP contribution in [-0.2, 0) is 4.79 Å². The number of carbonyl (C=O) groups excluding carboxylic acids is 1. The predicted molar refractivity (Wildman–Crippen MR) is 79.0 cm³/mol. The monoisotopic (exact) mass is 368 g/mol. The standard InChI is InChI=1S/C15H8BrF3N2O/c16-12-8-11(7-6-10-4-2-1-3-5-10)13(20-9-12)21-14(22)15(17,18)19/h1-5,8-9H,(H,20,21,22). The van der Waals surface area contributed by atoms with E-state index in [-0.39, 0.29) is 11.4 Å². The van der Waals surface area contributed by atoms with E-state index in [1.165, 1.54) is 12.3 Å². The zero-order chi connectivity index (χ0) is 16.2. The number of alkyl halides is 3. The molecular weight excluding hydrogens is 361 g/mol. The third kappa shape index (κ3) is 4.33. The topological polar surface area (TPSA) is 42.0 Å². The van der Waals surface area contributed by atoms with Crippen molar-refractivity contribution < 1.29 is 18.0 Å². The minimum Gasteiger partial charge on any atom is -0.302 e. The summed E-state index contributed by atoms with van der Waals surface area (Å²) >= 11 is 3.16. The third-order valence-electron chi connectivity index (χ3n) is 2.46. The third-order valence-corrected chi connectivity index (χ3v) is 2.89. The Morgan fingerprint density at radius 2 is 1.86 bits per heavy atom. The summed E-state index contributed by atoms with van der Waals surface area (Å²) in [6.45, 7) is 0. The molecule has 0 radical (unpaired) electrons. The van der Waals surface area contributed by atoms with E-state index in [1.807, 2.05) is 6.07 Å². The quantitative estimate of drug-likeness (QED) is 0.779. The molecule has 0 unspecified atom stereocenters. The van der Waals surface area contributed by atoms with Crippen molar-refractivity contribution in [2.75, 3.05) is 5.32 Å². The van der Waals surface area contributed by atoms with Gasteiger partial charge in [0.05, 0.1) is 5.56 Å². The van der Waals surface area contributed by atoms with Gasteiger partial charge in [0.15, 0.2) is 0 Å². The van der Waals surface area contributed by atoms with Crippen molar-refractivity contribution in [1.29, 1.82) is 0 Å². The zero-order valence-electron chi connectivity index (χ0n) is 10.9. The summed E-state index contributed by atoms with van der Waals surface area (Å²) in [5.74, 6) is 3.17. The van der Waals surface area contributed by atoms with Gasteiger partial charge in [-0.05, 0) is 34.1 Å². The minimum absolute atomic E-state index is 0.177. The lowest BCUT2D eigenvalue weighted by Gasteiger charge is -2.08. The first-order valence-corrected chi connectivity index (χ1v) is 6.76. The van der Waals surface area contributed by atoms with Gasteiger partial charge in [0.1, 0.15) is 5.82 Å². The van der Waals surface area contributed by atoms with Crippen LogP contribution in [0, 0.1) is 11.8 Å². The van der Waals surface area contributed by atoms with Crippen LogP contribution >= 0.6 is 15.9 Å². The van der Waals surface area contributed by atoms with Crippen molar-refractivity contribution in [2.45, 2.75) is 6.18 Å². The molecule has 22 heavy (non-hydrogen) atoms. The fourth-order valence-corrected chi connectivity index (χ4v) is 1.80. The average Bonchev–Trinajstić information content (AvgIpc) is 2.47. The van der Waals surface area contributed by atoms with Gasteiger partial charge >= 0.3 is 12.1 Å². The molecule has 0 saturated heterocycles. The molecular formula is C15H8BrF3N2O. The number of halogens is 4. The van der Waals surface area contributed by atoms with E-state index in [0.717, 1.165) is 0 Å². The summed E-state index contributed by atoms with van der Waals surface area (Å²) in [6.07, 6.45) is -3.71. The lowest BCUT2D eigenvalue weighted by Crippen LogP contribution is -2.30. The number of nitrogens with one attached hydrogen (secondary N) is 1. The van der Waals surface area contributed by atoms with E-state index < -0.39 is 12.1 Å². The Labute approximate surface area is 132 Å². The lowest BCUT2D eigenvalue weighted by molar-refractivity contribution is -0.167. The van der Waals surface area contributed by atoms with Gasteiger partial charge < -0.3 is 5.32 Å². The minimum atomic E-state index is -4.99. The van der Waals surface area contributed by atoms with Gasteiger partial charge in [-0.3, -0.25) is 4.79 Å². The van der Waals surface area contributed by atoms with Crippen LogP contribution in [0.5, 0.6) is 0 Å². The molecule has 1 N–H and O–H groups in total. The van der Waals surface area contributed by atoms with E-state index in [9.17, 15) is 18.0 Å². The maximum Gasteiger partial charge on any atom is 0.471 e. The zero-order valence-corrected chi connectivity index (χ0v) is 12.5. The summed E-state index contributed by atoms with van der Waals surface area (Å²) < 4.78 is 37.5. The molecule has 7 heteroatoms. The van der Waals surface area contributed by atoms with Crippen molar-refractivity contribution in [3.63, 3.8) is 0 Å². The van der Waals surface area contributed by atoms with Crippen LogP contribution in [0.25, 0.3) is 0 Å². The molecule has 1 heterocycles. The first kappa shape index (κ1) is 16.0. The van der Waals surface area contributed by atoms with Crippen LogP contribution in [0.15, 0.2) is 47.1 Å². The van der Waals surface area contributed by atoms with Crippen LogP contribution in [0.4, 0.5) is 19.0 Å². The number of amides is 1. The second kappa shape index (κ2) is 6.62. The Hall–Kier alpha value is -2.33. The smallest absolute Gasteiger partial charge is 0.302 e. The maximum absolute atomic E-state index is 12.3. The molecule has 0 atom stereocenters. The summed E-state index contributed by atoms with van der Waals surface area (Å²) in [5, 5.41) is 1.72. The molecule has 112 valence electrons. The second-order valence-corrected chi connectivity index (χ2v) is 5.03. The molecule has 1 aromatic heterocycles. The molecule has 0 fully saturated rings.